The molecule has 0 aliphatic rings. The molecule has 1 aromatic carbocycles. The molecule has 0 saturated heterocycles. The molecule has 1 rings (SSSR count). The van der Waals surface area contributed by atoms with Gasteiger partial charge in [0.1, 0.15) is 12.1 Å². The fraction of sp³-hybridized carbons (Fsp3) is 0.500. The maximum atomic E-state index is 12.9. The number of nitrogens with zero attached hydrogens (tertiary/aromatic N) is 1. The van der Waals surface area contributed by atoms with Crippen LogP contribution in [0.25, 0.3) is 0 Å². The molecule has 0 aliphatic heterocycles. The summed E-state index contributed by atoms with van der Waals surface area (Å²) in [6.45, 7) is 1.36. The number of hydrogen-bond donors (Lipinski definition) is 9. The van der Waals surface area contributed by atoms with E-state index >= 15 is 0 Å². The third kappa shape index (κ3) is 10.9. The van der Waals surface area contributed by atoms with Gasteiger partial charge in [0.05, 0.1) is 12.1 Å². The van der Waals surface area contributed by atoms with Crippen LogP contribution in [-0.4, -0.2) is 82.4 Å². The van der Waals surface area contributed by atoms with Gasteiger partial charge >= 0.3 is 5.97 Å². The van der Waals surface area contributed by atoms with Crippen molar-refractivity contribution in [2.45, 2.75) is 56.5 Å². The predicted octanol–water partition coefficient (Wildman–Crippen LogP) is -2.54. The van der Waals surface area contributed by atoms with E-state index in [1.54, 1.807) is 0 Å². The topological polar surface area (TPSA) is 235 Å². The predicted molar refractivity (Wildman–Crippen MR) is 137 cm³/mol. The summed E-state index contributed by atoms with van der Waals surface area (Å²) in [4.78, 5) is 53.3. The molecule has 0 bridgehead atoms. The van der Waals surface area contributed by atoms with E-state index in [0.717, 1.165) is 5.56 Å². The van der Waals surface area contributed by atoms with Gasteiger partial charge in [-0.25, -0.2) is 4.79 Å². The van der Waals surface area contributed by atoms with E-state index in [-0.39, 0.29) is 37.5 Å². The number of guanidine groups is 1. The fourth-order valence-electron chi connectivity index (χ4n) is 3.12. The van der Waals surface area contributed by atoms with Gasteiger partial charge in [-0.15, -0.1) is 0 Å². The van der Waals surface area contributed by atoms with Gasteiger partial charge in [0.2, 0.25) is 17.7 Å². The number of benzene rings is 1. The van der Waals surface area contributed by atoms with Crippen LogP contribution >= 0.6 is 12.6 Å². The van der Waals surface area contributed by atoms with E-state index in [1.165, 1.54) is 6.92 Å². The lowest BCUT2D eigenvalue weighted by molar-refractivity contribution is -0.145. The van der Waals surface area contributed by atoms with Crippen molar-refractivity contribution in [2.24, 2.45) is 22.2 Å². The van der Waals surface area contributed by atoms with E-state index in [2.05, 4.69) is 33.6 Å². The molecule has 0 spiro atoms. The summed E-state index contributed by atoms with van der Waals surface area (Å²) in [6.07, 6.45) is -0.830. The largest absolute Gasteiger partial charge is 0.480 e. The number of nitrogens with one attached hydrogen (secondary N) is 3. The Bertz CT molecular complexity index is 911. The summed E-state index contributed by atoms with van der Waals surface area (Å²) < 4.78 is 0. The van der Waals surface area contributed by atoms with E-state index < -0.39 is 54.0 Å². The summed E-state index contributed by atoms with van der Waals surface area (Å²) in [5, 5.41) is 26.1. The lowest BCUT2D eigenvalue weighted by atomic mass is 10.1. The Morgan fingerprint density at radius 2 is 1.58 bits per heavy atom. The zero-order valence-corrected chi connectivity index (χ0v) is 20.9. The molecule has 1 aromatic rings. The summed E-state index contributed by atoms with van der Waals surface area (Å²) in [5.74, 6) is -3.84. The van der Waals surface area contributed by atoms with Gasteiger partial charge in [0, 0.05) is 12.3 Å². The molecule has 3 amide bonds. The lowest BCUT2D eigenvalue weighted by Gasteiger charge is -2.25. The van der Waals surface area contributed by atoms with Crippen LogP contribution < -0.4 is 33.2 Å². The van der Waals surface area contributed by atoms with Crippen molar-refractivity contribution >= 4 is 42.3 Å². The minimum absolute atomic E-state index is 0.0429. The Hall–Kier alpha value is -3.36. The first-order valence-corrected chi connectivity index (χ1v) is 11.9. The molecule has 0 saturated carbocycles. The molecule has 5 atom stereocenters. The molecule has 0 radical (unpaired) electrons. The van der Waals surface area contributed by atoms with Crippen molar-refractivity contribution < 1.29 is 29.4 Å². The van der Waals surface area contributed by atoms with Crippen molar-refractivity contribution in [3.8, 4) is 0 Å². The van der Waals surface area contributed by atoms with Crippen molar-refractivity contribution in [2.75, 3.05) is 12.3 Å². The van der Waals surface area contributed by atoms with Gasteiger partial charge in [-0.1, -0.05) is 30.3 Å². The van der Waals surface area contributed by atoms with E-state index in [9.17, 15) is 29.4 Å². The average molecular weight is 526 g/mol. The van der Waals surface area contributed by atoms with E-state index in [4.69, 9.17) is 17.2 Å². The molecule has 14 heteroatoms. The van der Waals surface area contributed by atoms with Gasteiger partial charge in [0.15, 0.2) is 12.0 Å². The molecular formula is C22H35N7O6S. The molecule has 0 aromatic heterocycles. The first-order valence-electron chi connectivity index (χ1n) is 11.2. The standard InChI is InChI=1S/C22H35N7O6S/c1-12(30)17(21(34)35)29-19(32)15(8-5-9-26-22(24)25)27-20(33)16(11-36)28-18(31)14(23)10-13-6-3-2-4-7-13/h2-4,6-7,12,14-17,30,36H,5,8-11,23H2,1H3,(H,27,33)(H,28,31)(H,29,32)(H,34,35)(H4,24,25,26). The van der Waals surface area contributed by atoms with Crippen LogP contribution in [0, 0.1) is 0 Å². The number of nitrogens with two attached hydrogens (primary N) is 3. The minimum atomic E-state index is -1.59. The number of carboxylic acids is 1. The summed E-state index contributed by atoms with van der Waals surface area (Å²) in [5.41, 5.74) is 17.4. The number of carbonyl (C=O) groups is 4. The minimum Gasteiger partial charge on any atom is -0.480 e. The van der Waals surface area contributed by atoms with E-state index in [1.807, 2.05) is 30.3 Å². The SMILES string of the molecule is CC(O)C(NC(=O)C(CCCN=C(N)N)NC(=O)C(CS)NC(=O)C(N)Cc1ccccc1)C(=O)O. The van der Waals surface area contributed by atoms with Crippen molar-refractivity contribution in [3.63, 3.8) is 0 Å². The molecule has 200 valence electrons. The number of aliphatic imine (C=N–C) groups is 1. The van der Waals surface area contributed by atoms with E-state index in [0.29, 0.717) is 0 Å². The fourth-order valence-corrected chi connectivity index (χ4v) is 3.38. The second-order valence-electron chi connectivity index (χ2n) is 8.12. The highest BCUT2D eigenvalue weighted by atomic mass is 32.1. The smallest absolute Gasteiger partial charge is 0.328 e. The molecule has 5 unspecified atom stereocenters. The Kier molecular flexibility index (Phi) is 13.3. The number of rotatable bonds is 15. The molecule has 36 heavy (non-hydrogen) atoms. The number of aliphatic carboxylic acids is 1. The lowest BCUT2D eigenvalue weighted by Crippen LogP contribution is -2.58. The summed E-state index contributed by atoms with van der Waals surface area (Å²) in [7, 11) is 0. The quantitative estimate of drug-likeness (QED) is 0.0507. The Balaban J connectivity index is 2.88. The van der Waals surface area contributed by atoms with Crippen LogP contribution in [0.15, 0.2) is 35.3 Å². The Morgan fingerprint density at radius 1 is 1.00 bits per heavy atom. The average Bonchev–Trinajstić information content (AvgIpc) is 2.82. The Labute approximate surface area is 214 Å². The number of aliphatic hydroxyl groups excluding tert-OH is 1. The van der Waals surface area contributed by atoms with Gasteiger partial charge < -0.3 is 43.4 Å². The van der Waals surface area contributed by atoms with Crippen molar-refractivity contribution in [1.29, 1.82) is 0 Å². The van der Waals surface area contributed by atoms with Gasteiger partial charge in [0.25, 0.3) is 0 Å². The van der Waals surface area contributed by atoms with Crippen LogP contribution in [0.2, 0.25) is 0 Å². The number of thiol groups is 1. The van der Waals surface area contributed by atoms with Crippen LogP contribution in [0.1, 0.15) is 25.3 Å². The van der Waals surface area contributed by atoms with Crippen molar-refractivity contribution in [3.05, 3.63) is 35.9 Å². The third-order valence-corrected chi connectivity index (χ3v) is 5.44. The van der Waals surface area contributed by atoms with Gasteiger partial charge in [-0.2, -0.15) is 12.6 Å². The number of amides is 3. The monoisotopic (exact) mass is 525 g/mol. The molecule has 0 heterocycles. The molecule has 0 fully saturated rings. The number of carboxylic acid groups (broad SMARTS) is 1. The van der Waals surface area contributed by atoms with Gasteiger partial charge in [-0.05, 0) is 31.7 Å². The van der Waals surface area contributed by atoms with Crippen LogP contribution in [0.3, 0.4) is 0 Å². The molecule has 11 N–H and O–H groups in total. The Morgan fingerprint density at radius 3 is 2.11 bits per heavy atom. The maximum absolute atomic E-state index is 12.9. The molecular weight excluding hydrogens is 490 g/mol. The zero-order valence-electron chi connectivity index (χ0n) is 20.0. The van der Waals surface area contributed by atoms with Crippen LogP contribution in [0.5, 0.6) is 0 Å². The highest BCUT2D eigenvalue weighted by Gasteiger charge is 2.31. The second-order valence-corrected chi connectivity index (χ2v) is 8.48. The normalized spacial score (nSPS) is 14.9. The highest BCUT2D eigenvalue weighted by Crippen LogP contribution is 2.05. The first-order chi connectivity index (χ1) is 17.0. The molecule has 13 nitrogen and oxygen atoms in total. The third-order valence-electron chi connectivity index (χ3n) is 5.08. The van der Waals surface area contributed by atoms with Crippen molar-refractivity contribution in [1.82, 2.24) is 16.0 Å². The van der Waals surface area contributed by atoms with Gasteiger partial charge in [-0.3, -0.25) is 19.4 Å². The van der Waals surface area contributed by atoms with Crippen LogP contribution in [-0.2, 0) is 25.6 Å². The number of aliphatic hydroxyl groups is 1. The summed E-state index contributed by atoms with van der Waals surface area (Å²) in [6, 6.07) is 4.25. The second kappa shape index (κ2) is 15.6. The maximum Gasteiger partial charge on any atom is 0.328 e. The zero-order chi connectivity index (χ0) is 27.3. The molecule has 0 aliphatic carbocycles. The summed E-state index contributed by atoms with van der Waals surface area (Å²) >= 11 is 4.12. The highest BCUT2D eigenvalue weighted by molar-refractivity contribution is 7.80. The first kappa shape index (κ1) is 30.7. The number of carbonyl (C=O) groups excluding carboxylic acids is 3. The van der Waals surface area contributed by atoms with Crippen LogP contribution in [0.4, 0.5) is 0 Å². The number of hydrogen-bond acceptors (Lipinski definition) is 8.